The summed E-state index contributed by atoms with van der Waals surface area (Å²) in [5, 5.41) is 8.68. The number of carbonyl (C=O) groups excluding carboxylic acids is 1. The molecule has 0 bridgehead atoms. The Balaban J connectivity index is 2.84. The standard InChI is InChI=1S/C10H14O4/c1-6(9(12)13)4-7-5-8(11)14-10(7,2)3/h4,7H,5H2,1-3H3,(H,12,13). The summed E-state index contributed by atoms with van der Waals surface area (Å²) in [6, 6.07) is 0. The van der Waals surface area contributed by atoms with Gasteiger partial charge in [0.05, 0.1) is 6.42 Å². The lowest BCUT2D eigenvalue weighted by atomic mass is 9.89. The van der Waals surface area contributed by atoms with Crippen LogP contribution in [-0.2, 0) is 14.3 Å². The maximum absolute atomic E-state index is 11.0. The predicted octanol–water partition coefficient (Wildman–Crippen LogP) is 1.36. The van der Waals surface area contributed by atoms with E-state index in [4.69, 9.17) is 9.84 Å². The average Bonchev–Trinajstić information content (AvgIpc) is 2.24. The van der Waals surface area contributed by atoms with E-state index in [1.165, 1.54) is 6.92 Å². The normalized spacial score (nSPS) is 26.1. The van der Waals surface area contributed by atoms with Gasteiger partial charge < -0.3 is 9.84 Å². The minimum atomic E-state index is -0.958. The van der Waals surface area contributed by atoms with Gasteiger partial charge in [0.25, 0.3) is 0 Å². The van der Waals surface area contributed by atoms with Crippen molar-refractivity contribution >= 4 is 11.9 Å². The molecule has 1 atom stereocenters. The maximum Gasteiger partial charge on any atom is 0.330 e. The highest BCUT2D eigenvalue weighted by Gasteiger charge is 2.40. The predicted molar refractivity (Wildman–Crippen MR) is 49.7 cm³/mol. The second-order valence-electron chi connectivity index (χ2n) is 4.04. The number of hydrogen-bond acceptors (Lipinski definition) is 3. The summed E-state index contributed by atoms with van der Waals surface area (Å²) < 4.78 is 5.07. The van der Waals surface area contributed by atoms with Crippen LogP contribution in [0, 0.1) is 5.92 Å². The zero-order chi connectivity index (χ0) is 10.9. The molecule has 0 radical (unpaired) electrons. The molecular formula is C10H14O4. The van der Waals surface area contributed by atoms with E-state index >= 15 is 0 Å². The van der Waals surface area contributed by atoms with Crippen LogP contribution in [0.15, 0.2) is 11.6 Å². The van der Waals surface area contributed by atoms with Gasteiger partial charge in [-0.25, -0.2) is 4.79 Å². The molecule has 1 saturated heterocycles. The topological polar surface area (TPSA) is 63.6 Å². The number of carbonyl (C=O) groups is 2. The first-order valence-electron chi connectivity index (χ1n) is 4.46. The fraction of sp³-hybridized carbons (Fsp3) is 0.600. The maximum atomic E-state index is 11.0. The monoisotopic (exact) mass is 198 g/mol. The Morgan fingerprint density at radius 3 is 2.57 bits per heavy atom. The Labute approximate surface area is 82.6 Å². The fourth-order valence-electron chi connectivity index (χ4n) is 1.47. The Kier molecular flexibility index (Phi) is 2.64. The highest BCUT2D eigenvalue weighted by Crippen LogP contribution is 2.33. The number of carboxylic acids is 1. The molecule has 0 spiro atoms. The number of esters is 1. The SMILES string of the molecule is CC(=CC1CC(=O)OC1(C)C)C(=O)O. The third-order valence-electron chi connectivity index (χ3n) is 2.44. The first-order valence-corrected chi connectivity index (χ1v) is 4.46. The van der Waals surface area contributed by atoms with E-state index in [0.29, 0.717) is 0 Å². The van der Waals surface area contributed by atoms with Gasteiger partial charge in [-0.2, -0.15) is 0 Å². The molecular weight excluding hydrogens is 184 g/mol. The van der Waals surface area contributed by atoms with Crippen LogP contribution in [0.5, 0.6) is 0 Å². The highest BCUT2D eigenvalue weighted by atomic mass is 16.6. The van der Waals surface area contributed by atoms with Crippen molar-refractivity contribution in [3.63, 3.8) is 0 Å². The van der Waals surface area contributed by atoms with Crippen molar-refractivity contribution in [2.45, 2.75) is 32.8 Å². The molecule has 1 aliphatic rings. The number of cyclic esters (lactones) is 1. The number of aliphatic carboxylic acids is 1. The van der Waals surface area contributed by atoms with Crippen molar-refractivity contribution in [3.05, 3.63) is 11.6 Å². The van der Waals surface area contributed by atoms with E-state index in [1.807, 2.05) is 0 Å². The summed E-state index contributed by atoms with van der Waals surface area (Å²) in [5.41, 5.74) is -0.338. The van der Waals surface area contributed by atoms with Crippen LogP contribution < -0.4 is 0 Å². The molecule has 0 aromatic heterocycles. The van der Waals surface area contributed by atoms with E-state index in [2.05, 4.69) is 0 Å². The van der Waals surface area contributed by atoms with Gasteiger partial charge in [0.2, 0.25) is 0 Å². The van der Waals surface area contributed by atoms with Crippen LogP contribution in [0.4, 0.5) is 0 Å². The van der Waals surface area contributed by atoms with E-state index in [1.54, 1.807) is 19.9 Å². The molecule has 78 valence electrons. The molecule has 0 aromatic rings. The van der Waals surface area contributed by atoms with Crippen molar-refractivity contribution in [1.29, 1.82) is 0 Å². The zero-order valence-electron chi connectivity index (χ0n) is 8.53. The van der Waals surface area contributed by atoms with Crippen LogP contribution >= 0.6 is 0 Å². The lowest BCUT2D eigenvalue weighted by molar-refractivity contribution is -0.146. The summed E-state index contributed by atoms with van der Waals surface area (Å²) in [7, 11) is 0. The molecule has 1 N–H and O–H groups in total. The van der Waals surface area contributed by atoms with Crippen molar-refractivity contribution in [2.75, 3.05) is 0 Å². The van der Waals surface area contributed by atoms with Gasteiger partial charge in [0.15, 0.2) is 0 Å². The molecule has 4 nitrogen and oxygen atoms in total. The van der Waals surface area contributed by atoms with E-state index in [-0.39, 0.29) is 23.9 Å². The number of hydrogen-bond donors (Lipinski definition) is 1. The summed E-state index contributed by atoms with van der Waals surface area (Å²) in [5.74, 6) is -1.37. The minimum Gasteiger partial charge on any atom is -0.478 e. The molecule has 0 aliphatic carbocycles. The number of ether oxygens (including phenoxy) is 1. The zero-order valence-corrected chi connectivity index (χ0v) is 8.53. The molecule has 1 aliphatic heterocycles. The molecule has 1 fully saturated rings. The van der Waals surface area contributed by atoms with Gasteiger partial charge in [-0.05, 0) is 20.8 Å². The van der Waals surface area contributed by atoms with Crippen LogP contribution in [-0.4, -0.2) is 22.6 Å². The van der Waals surface area contributed by atoms with Crippen LogP contribution in [0.3, 0.4) is 0 Å². The molecule has 0 amide bonds. The Hall–Kier alpha value is -1.32. The third kappa shape index (κ3) is 2.13. The lowest BCUT2D eigenvalue weighted by Crippen LogP contribution is -2.26. The molecule has 0 aromatic carbocycles. The van der Waals surface area contributed by atoms with Gasteiger partial charge in [-0.15, -0.1) is 0 Å². The Morgan fingerprint density at radius 2 is 2.21 bits per heavy atom. The quantitative estimate of drug-likeness (QED) is 0.537. The van der Waals surface area contributed by atoms with E-state index in [9.17, 15) is 9.59 Å². The van der Waals surface area contributed by atoms with E-state index in [0.717, 1.165) is 0 Å². The van der Waals surface area contributed by atoms with Crippen LogP contribution in [0.25, 0.3) is 0 Å². The lowest BCUT2D eigenvalue weighted by Gasteiger charge is -2.22. The van der Waals surface area contributed by atoms with E-state index < -0.39 is 11.6 Å². The van der Waals surface area contributed by atoms with Gasteiger partial charge in [-0.1, -0.05) is 6.08 Å². The molecule has 14 heavy (non-hydrogen) atoms. The van der Waals surface area contributed by atoms with Gasteiger partial charge in [0, 0.05) is 11.5 Å². The Bertz CT molecular complexity index is 301. The van der Waals surface area contributed by atoms with Gasteiger partial charge in [-0.3, -0.25) is 4.79 Å². The first-order chi connectivity index (χ1) is 6.33. The number of rotatable bonds is 2. The third-order valence-corrected chi connectivity index (χ3v) is 2.44. The summed E-state index contributed by atoms with van der Waals surface area (Å²) in [6.07, 6.45) is 1.85. The summed E-state index contributed by atoms with van der Waals surface area (Å²) in [4.78, 5) is 21.6. The molecule has 1 heterocycles. The van der Waals surface area contributed by atoms with Gasteiger partial charge in [0.1, 0.15) is 5.60 Å². The molecule has 0 saturated carbocycles. The smallest absolute Gasteiger partial charge is 0.330 e. The number of carboxylic acid groups (broad SMARTS) is 1. The average molecular weight is 198 g/mol. The molecule has 1 rings (SSSR count). The van der Waals surface area contributed by atoms with Crippen molar-refractivity contribution in [2.24, 2.45) is 5.92 Å². The summed E-state index contributed by atoms with van der Waals surface area (Å²) >= 11 is 0. The molecule has 1 unspecified atom stereocenters. The van der Waals surface area contributed by atoms with Crippen LogP contribution in [0.1, 0.15) is 27.2 Å². The highest BCUT2D eigenvalue weighted by molar-refractivity contribution is 5.86. The van der Waals surface area contributed by atoms with Crippen molar-refractivity contribution < 1.29 is 19.4 Å². The second-order valence-corrected chi connectivity index (χ2v) is 4.04. The first kappa shape index (κ1) is 10.8. The molecule has 4 heteroatoms. The Morgan fingerprint density at radius 1 is 1.64 bits per heavy atom. The van der Waals surface area contributed by atoms with Crippen molar-refractivity contribution in [3.8, 4) is 0 Å². The second kappa shape index (κ2) is 3.44. The largest absolute Gasteiger partial charge is 0.478 e. The van der Waals surface area contributed by atoms with Crippen molar-refractivity contribution in [1.82, 2.24) is 0 Å². The van der Waals surface area contributed by atoms with Gasteiger partial charge >= 0.3 is 11.9 Å². The summed E-state index contributed by atoms with van der Waals surface area (Å²) in [6.45, 7) is 5.09. The fourth-order valence-corrected chi connectivity index (χ4v) is 1.47. The minimum absolute atomic E-state index is 0.147. The van der Waals surface area contributed by atoms with Crippen LogP contribution in [0.2, 0.25) is 0 Å².